The summed E-state index contributed by atoms with van der Waals surface area (Å²) in [6, 6.07) is 0. The third-order valence-electron chi connectivity index (χ3n) is 1.29. The Hall–Kier alpha value is -0.850. The molecule has 0 aliphatic carbocycles. The van der Waals surface area contributed by atoms with Gasteiger partial charge < -0.3 is 4.79 Å². The predicted octanol–water partition coefficient (Wildman–Crippen LogP) is 2.34. The highest BCUT2D eigenvalue weighted by molar-refractivity contribution is 5.52. The normalized spacial score (nSPS) is 13.3. The van der Waals surface area contributed by atoms with Crippen molar-refractivity contribution in [2.24, 2.45) is 5.92 Å². The van der Waals surface area contributed by atoms with Gasteiger partial charge in [-0.05, 0) is 12.8 Å². The second-order valence-corrected chi connectivity index (χ2v) is 2.35. The number of carbonyl (C=O) groups excluding carboxylic acids is 1. The van der Waals surface area contributed by atoms with E-state index in [1.807, 2.05) is 19.1 Å². The maximum absolute atomic E-state index is 10.1. The lowest BCUT2D eigenvalue weighted by Crippen LogP contribution is -1.93. The van der Waals surface area contributed by atoms with Gasteiger partial charge in [0, 0.05) is 5.92 Å². The Morgan fingerprint density at radius 3 is 2.80 bits per heavy atom. The second-order valence-electron chi connectivity index (χ2n) is 2.35. The Labute approximate surface area is 62.4 Å². The lowest BCUT2D eigenvalue weighted by atomic mass is 10.1. The van der Waals surface area contributed by atoms with Gasteiger partial charge in [0.25, 0.3) is 0 Å². The maximum atomic E-state index is 10.1. The first-order chi connectivity index (χ1) is 4.81. The Morgan fingerprint density at radius 2 is 2.30 bits per heavy atom. The van der Waals surface area contributed by atoms with Crippen molar-refractivity contribution in [3.05, 3.63) is 24.8 Å². The smallest absolute Gasteiger partial charge is 0.122 e. The van der Waals surface area contributed by atoms with Crippen LogP contribution in [-0.4, -0.2) is 6.29 Å². The fourth-order valence-electron chi connectivity index (χ4n) is 0.620. The van der Waals surface area contributed by atoms with Crippen LogP contribution in [0.15, 0.2) is 24.8 Å². The van der Waals surface area contributed by atoms with E-state index in [0.29, 0.717) is 0 Å². The van der Waals surface area contributed by atoms with Gasteiger partial charge in [-0.2, -0.15) is 0 Å². The van der Waals surface area contributed by atoms with E-state index in [9.17, 15) is 4.79 Å². The molecule has 0 saturated carbocycles. The van der Waals surface area contributed by atoms with Crippen molar-refractivity contribution in [2.75, 3.05) is 0 Å². The van der Waals surface area contributed by atoms with Crippen LogP contribution in [-0.2, 0) is 4.79 Å². The van der Waals surface area contributed by atoms with Crippen LogP contribution < -0.4 is 0 Å². The molecule has 0 N–H and O–H groups in total. The number of hydrogen-bond donors (Lipinski definition) is 0. The first-order valence-electron chi connectivity index (χ1n) is 3.54. The summed E-state index contributed by atoms with van der Waals surface area (Å²) >= 11 is 0. The largest absolute Gasteiger partial charge is 0.303 e. The molecular formula is C9H14O. The molecule has 0 bridgehead atoms. The summed E-state index contributed by atoms with van der Waals surface area (Å²) < 4.78 is 0. The molecule has 0 radical (unpaired) electrons. The SMILES string of the molecule is C=C/C=C/CC[C@@H](C)C=O. The lowest BCUT2D eigenvalue weighted by molar-refractivity contribution is -0.110. The van der Waals surface area contributed by atoms with Crippen LogP contribution in [0.5, 0.6) is 0 Å². The van der Waals surface area contributed by atoms with Crippen molar-refractivity contribution in [3.8, 4) is 0 Å². The quantitative estimate of drug-likeness (QED) is 0.421. The van der Waals surface area contributed by atoms with Gasteiger partial charge in [-0.15, -0.1) is 0 Å². The highest BCUT2D eigenvalue weighted by Gasteiger charge is 1.94. The van der Waals surface area contributed by atoms with Crippen molar-refractivity contribution >= 4 is 6.29 Å². The van der Waals surface area contributed by atoms with E-state index in [2.05, 4.69) is 6.58 Å². The van der Waals surface area contributed by atoms with E-state index in [1.54, 1.807) is 6.08 Å². The Kier molecular flexibility index (Phi) is 5.74. The van der Waals surface area contributed by atoms with Crippen molar-refractivity contribution < 1.29 is 4.79 Å². The van der Waals surface area contributed by atoms with Crippen molar-refractivity contribution in [3.63, 3.8) is 0 Å². The molecular weight excluding hydrogens is 124 g/mol. The summed E-state index contributed by atoms with van der Waals surface area (Å²) in [6.45, 7) is 5.47. The zero-order valence-electron chi connectivity index (χ0n) is 6.42. The van der Waals surface area contributed by atoms with E-state index in [1.165, 1.54) is 0 Å². The first-order valence-corrected chi connectivity index (χ1v) is 3.54. The summed E-state index contributed by atoms with van der Waals surface area (Å²) in [6.07, 6.45) is 8.55. The molecule has 0 saturated heterocycles. The molecule has 0 amide bonds. The minimum Gasteiger partial charge on any atom is -0.303 e. The molecule has 1 heteroatoms. The van der Waals surface area contributed by atoms with Crippen LogP contribution >= 0.6 is 0 Å². The molecule has 0 aliphatic rings. The van der Waals surface area contributed by atoms with E-state index < -0.39 is 0 Å². The van der Waals surface area contributed by atoms with E-state index in [0.717, 1.165) is 19.1 Å². The van der Waals surface area contributed by atoms with Gasteiger partial charge in [0.2, 0.25) is 0 Å². The molecule has 1 atom stereocenters. The van der Waals surface area contributed by atoms with E-state index in [-0.39, 0.29) is 5.92 Å². The van der Waals surface area contributed by atoms with Crippen LogP contribution in [0.2, 0.25) is 0 Å². The molecule has 0 aromatic carbocycles. The minimum atomic E-state index is 0.189. The summed E-state index contributed by atoms with van der Waals surface area (Å²) in [4.78, 5) is 10.1. The average Bonchev–Trinajstić information content (AvgIpc) is 1.98. The van der Waals surface area contributed by atoms with Crippen LogP contribution in [0.3, 0.4) is 0 Å². The van der Waals surface area contributed by atoms with Crippen LogP contribution in [0.4, 0.5) is 0 Å². The highest BCUT2D eigenvalue weighted by atomic mass is 16.1. The van der Waals surface area contributed by atoms with Crippen molar-refractivity contribution in [2.45, 2.75) is 19.8 Å². The number of rotatable bonds is 5. The molecule has 0 aliphatic heterocycles. The van der Waals surface area contributed by atoms with Crippen molar-refractivity contribution in [1.29, 1.82) is 0 Å². The van der Waals surface area contributed by atoms with E-state index >= 15 is 0 Å². The second kappa shape index (κ2) is 6.27. The fourth-order valence-corrected chi connectivity index (χ4v) is 0.620. The van der Waals surface area contributed by atoms with Crippen LogP contribution in [0.1, 0.15) is 19.8 Å². The van der Waals surface area contributed by atoms with Gasteiger partial charge in [-0.25, -0.2) is 0 Å². The van der Waals surface area contributed by atoms with Gasteiger partial charge >= 0.3 is 0 Å². The summed E-state index contributed by atoms with van der Waals surface area (Å²) in [7, 11) is 0. The number of carbonyl (C=O) groups is 1. The number of allylic oxidation sites excluding steroid dienone is 3. The van der Waals surface area contributed by atoms with Gasteiger partial charge in [-0.1, -0.05) is 31.7 Å². The van der Waals surface area contributed by atoms with Gasteiger partial charge in [-0.3, -0.25) is 0 Å². The number of hydrogen-bond acceptors (Lipinski definition) is 1. The molecule has 0 fully saturated rings. The zero-order chi connectivity index (χ0) is 7.82. The monoisotopic (exact) mass is 138 g/mol. The molecule has 0 unspecified atom stereocenters. The highest BCUT2D eigenvalue weighted by Crippen LogP contribution is 2.01. The zero-order valence-corrected chi connectivity index (χ0v) is 6.42. The van der Waals surface area contributed by atoms with E-state index in [4.69, 9.17) is 0 Å². The first kappa shape index (κ1) is 9.15. The third kappa shape index (κ3) is 5.29. The molecule has 0 heterocycles. The molecule has 1 nitrogen and oxygen atoms in total. The summed E-state index contributed by atoms with van der Waals surface area (Å²) in [5.74, 6) is 0.189. The average molecular weight is 138 g/mol. The fraction of sp³-hybridized carbons (Fsp3) is 0.444. The Bertz CT molecular complexity index is 125. The minimum absolute atomic E-state index is 0.189. The third-order valence-corrected chi connectivity index (χ3v) is 1.29. The summed E-state index contributed by atoms with van der Waals surface area (Å²) in [5, 5.41) is 0. The standard InChI is InChI=1S/C9H14O/c1-3-4-5-6-7-9(2)8-10/h3-5,8-9H,1,6-7H2,2H3/b5-4+/t9-/m1/s1. The summed E-state index contributed by atoms with van der Waals surface area (Å²) in [5.41, 5.74) is 0. The van der Waals surface area contributed by atoms with Crippen LogP contribution in [0, 0.1) is 5.92 Å². The lowest BCUT2D eigenvalue weighted by Gasteiger charge is -1.96. The molecule has 0 spiro atoms. The molecule has 56 valence electrons. The number of aldehydes is 1. The molecule has 0 rings (SSSR count). The van der Waals surface area contributed by atoms with Gasteiger partial charge in [0.05, 0.1) is 0 Å². The van der Waals surface area contributed by atoms with Crippen molar-refractivity contribution in [1.82, 2.24) is 0 Å². The van der Waals surface area contributed by atoms with Crippen LogP contribution in [0.25, 0.3) is 0 Å². The Balaban J connectivity index is 3.26. The molecule has 0 aromatic heterocycles. The predicted molar refractivity (Wildman–Crippen MR) is 43.8 cm³/mol. The maximum Gasteiger partial charge on any atom is 0.122 e. The topological polar surface area (TPSA) is 17.1 Å². The Morgan fingerprint density at radius 1 is 1.60 bits per heavy atom. The molecule has 0 aromatic rings. The van der Waals surface area contributed by atoms with Gasteiger partial charge in [0.15, 0.2) is 0 Å². The van der Waals surface area contributed by atoms with Gasteiger partial charge in [0.1, 0.15) is 6.29 Å². The molecule has 10 heavy (non-hydrogen) atoms.